The van der Waals surface area contributed by atoms with Crippen molar-refractivity contribution in [3.63, 3.8) is 0 Å². The minimum Gasteiger partial charge on any atom is -0.341 e. The zero-order valence-electron chi connectivity index (χ0n) is 12.4. The van der Waals surface area contributed by atoms with E-state index < -0.39 is 0 Å². The molecule has 1 aromatic heterocycles. The van der Waals surface area contributed by atoms with E-state index in [1.54, 1.807) is 0 Å². The predicted octanol–water partition coefficient (Wildman–Crippen LogP) is 3.18. The van der Waals surface area contributed by atoms with Crippen LogP contribution in [-0.4, -0.2) is 10.6 Å². The van der Waals surface area contributed by atoms with Crippen LogP contribution in [0.2, 0.25) is 0 Å². The Balaban J connectivity index is 2.46. The van der Waals surface area contributed by atoms with Crippen LogP contribution in [0.5, 0.6) is 0 Å². The SMILES string of the molecule is CC(C)NCc1cc2cc(CN)ccc2n1C(C)C. The molecule has 1 heterocycles. The number of aromatic nitrogens is 1. The zero-order valence-corrected chi connectivity index (χ0v) is 12.4. The van der Waals surface area contributed by atoms with Gasteiger partial charge in [-0.25, -0.2) is 0 Å². The van der Waals surface area contributed by atoms with Gasteiger partial charge in [0.15, 0.2) is 0 Å². The summed E-state index contributed by atoms with van der Waals surface area (Å²) >= 11 is 0. The van der Waals surface area contributed by atoms with E-state index in [0.29, 0.717) is 18.6 Å². The predicted molar refractivity (Wildman–Crippen MR) is 82.2 cm³/mol. The van der Waals surface area contributed by atoms with Crippen molar-refractivity contribution >= 4 is 10.9 Å². The average molecular weight is 259 g/mol. The molecule has 0 bridgehead atoms. The minimum atomic E-state index is 0.463. The first-order valence-corrected chi connectivity index (χ1v) is 7.09. The second-order valence-corrected chi connectivity index (χ2v) is 5.73. The molecule has 0 aliphatic rings. The molecule has 0 radical (unpaired) electrons. The molecule has 3 nitrogen and oxygen atoms in total. The first-order valence-electron chi connectivity index (χ1n) is 7.09. The number of nitrogens with zero attached hydrogens (tertiary/aromatic N) is 1. The van der Waals surface area contributed by atoms with Crippen LogP contribution in [0.15, 0.2) is 24.3 Å². The third kappa shape index (κ3) is 2.99. The van der Waals surface area contributed by atoms with E-state index in [1.807, 2.05) is 0 Å². The second-order valence-electron chi connectivity index (χ2n) is 5.73. The molecule has 0 unspecified atom stereocenters. The minimum absolute atomic E-state index is 0.463. The average Bonchev–Trinajstić information content (AvgIpc) is 2.73. The lowest BCUT2D eigenvalue weighted by atomic mass is 10.1. The topological polar surface area (TPSA) is 43.0 Å². The molecule has 3 heteroatoms. The van der Waals surface area contributed by atoms with Gasteiger partial charge in [-0.05, 0) is 37.6 Å². The van der Waals surface area contributed by atoms with E-state index in [9.17, 15) is 0 Å². The third-order valence-corrected chi connectivity index (χ3v) is 3.43. The van der Waals surface area contributed by atoms with Gasteiger partial charge in [-0.15, -0.1) is 0 Å². The largest absolute Gasteiger partial charge is 0.341 e. The van der Waals surface area contributed by atoms with Gasteiger partial charge in [-0.3, -0.25) is 0 Å². The molecule has 0 saturated heterocycles. The summed E-state index contributed by atoms with van der Waals surface area (Å²) in [6.45, 7) is 10.3. The van der Waals surface area contributed by atoms with E-state index >= 15 is 0 Å². The van der Waals surface area contributed by atoms with Crippen molar-refractivity contribution in [3.8, 4) is 0 Å². The van der Waals surface area contributed by atoms with Crippen LogP contribution in [0.4, 0.5) is 0 Å². The van der Waals surface area contributed by atoms with Crippen molar-refractivity contribution < 1.29 is 0 Å². The van der Waals surface area contributed by atoms with Gasteiger partial charge in [0.05, 0.1) is 0 Å². The summed E-state index contributed by atoms with van der Waals surface area (Å²) in [6, 6.07) is 9.76. The van der Waals surface area contributed by atoms with Crippen molar-refractivity contribution in [2.75, 3.05) is 0 Å². The summed E-state index contributed by atoms with van der Waals surface area (Å²) in [5.74, 6) is 0. The summed E-state index contributed by atoms with van der Waals surface area (Å²) in [7, 11) is 0. The van der Waals surface area contributed by atoms with Crippen molar-refractivity contribution in [2.24, 2.45) is 5.73 Å². The molecule has 0 aliphatic heterocycles. The van der Waals surface area contributed by atoms with E-state index in [1.165, 1.54) is 22.2 Å². The van der Waals surface area contributed by atoms with Gasteiger partial charge >= 0.3 is 0 Å². The highest BCUT2D eigenvalue weighted by atomic mass is 15.0. The molecular formula is C16H25N3. The molecule has 0 spiro atoms. The Morgan fingerprint density at radius 3 is 2.47 bits per heavy atom. The zero-order chi connectivity index (χ0) is 14.0. The van der Waals surface area contributed by atoms with Gasteiger partial charge in [-0.1, -0.05) is 19.9 Å². The summed E-state index contributed by atoms with van der Waals surface area (Å²) in [6.07, 6.45) is 0. The molecule has 0 amide bonds. The number of hydrogen-bond acceptors (Lipinski definition) is 2. The van der Waals surface area contributed by atoms with Gasteiger partial charge in [0.2, 0.25) is 0 Å². The van der Waals surface area contributed by atoms with E-state index in [4.69, 9.17) is 5.73 Å². The Morgan fingerprint density at radius 1 is 1.16 bits per heavy atom. The Labute approximate surface area is 115 Å². The lowest BCUT2D eigenvalue weighted by Gasteiger charge is -2.16. The van der Waals surface area contributed by atoms with E-state index in [-0.39, 0.29) is 0 Å². The highest BCUT2D eigenvalue weighted by molar-refractivity contribution is 5.82. The molecular weight excluding hydrogens is 234 g/mol. The Bertz CT molecular complexity index is 552. The van der Waals surface area contributed by atoms with Gasteiger partial charge < -0.3 is 15.6 Å². The first-order chi connectivity index (χ1) is 9.02. The normalized spacial score (nSPS) is 11.9. The van der Waals surface area contributed by atoms with Crippen molar-refractivity contribution in [1.29, 1.82) is 0 Å². The van der Waals surface area contributed by atoms with Crippen LogP contribution in [0, 0.1) is 0 Å². The molecule has 19 heavy (non-hydrogen) atoms. The fourth-order valence-electron chi connectivity index (χ4n) is 2.52. The summed E-state index contributed by atoms with van der Waals surface area (Å²) < 4.78 is 2.41. The monoisotopic (exact) mass is 259 g/mol. The van der Waals surface area contributed by atoms with E-state index in [2.05, 4.69) is 61.8 Å². The fourth-order valence-corrected chi connectivity index (χ4v) is 2.52. The summed E-state index contributed by atoms with van der Waals surface area (Å²) in [5.41, 5.74) is 9.56. The van der Waals surface area contributed by atoms with Crippen LogP contribution < -0.4 is 11.1 Å². The fraction of sp³-hybridized carbons (Fsp3) is 0.500. The van der Waals surface area contributed by atoms with E-state index in [0.717, 1.165) is 6.54 Å². The summed E-state index contributed by atoms with van der Waals surface area (Å²) in [4.78, 5) is 0. The van der Waals surface area contributed by atoms with Crippen molar-refractivity contribution in [1.82, 2.24) is 9.88 Å². The van der Waals surface area contributed by atoms with Crippen LogP contribution in [0.3, 0.4) is 0 Å². The Hall–Kier alpha value is -1.32. The molecule has 1 aromatic carbocycles. The van der Waals surface area contributed by atoms with Crippen molar-refractivity contribution in [2.45, 2.75) is 52.9 Å². The number of fused-ring (bicyclic) bond motifs is 1. The van der Waals surface area contributed by atoms with Gasteiger partial charge in [-0.2, -0.15) is 0 Å². The molecule has 0 aliphatic carbocycles. The summed E-state index contributed by atoms with van der Waals surface area (Å²) in [5, 5.41) is 4.79. The number of nitrogens with two attached hydrogens (primary N) is 1. The Morgan fingerprint density at radius 2 is 1.89 bits per heavy atom. The Kier molecular flexibility index (Phi) is 4.27. The van der Waals surface area contributed by atoms with Gasteiger partial charge in [0.1, 0.15) is 0 Å². The maximum absolute atomic E-state index is 5.72. The lowest BCUT2D eigenvalue weighted by Crippen LogP contribution is -2.23. The van der Waals surface area contributed by atoms with Crippen LogP contribution >= 0.6 is 0 Å². The maximum atomic E-state index is 5.72. The third-order valence-electron chi connectivity index (χ3n) is 3.43. The van der Waals surface area contributed by atoms with Crippen LogP contribution in [0.1, 0.15) is 45.0 Å². The molecule has 0 atom stereocenters. The lowest BCUT2D eigenvalue weighted by molar-refractivity contribution is 0.534. The smallest absolute Gasteiger partial charge is 0.0485 e. The van der Waals surface area contributed by atoms with Gasteiger partial charge in [0, 0.05) is 41.8 Å². The quantitative estimate of drug-likeness (QED) is 0.866. The highest BCUT2D eigenvalue weighted by Gasteiger charge is 2.11. The maximum Gasteiger partial charge on any atom is 0.0485 e. The first kappa shape index (κ1) is 14.1. The number of benzene rings is 1. The molecule has 0 saturated carbocycles. The molecule has 2 rings (SSSR count). The van der Waals surface area contributed by atoms with Crippen LogP contribution in [-0.2, 0) is 13.1 Å². The number of hydrogen-bond donors (Lipinski definition) is 2. The van der Waals surface area contributed by atoms with Crippen LogP contribution in [0.25, 0.3) is 10.9 Å². The second kappa shape index (κ2) is 5.76. The molecule has 2 aromatic rings. The standard InChI is InChI=1S/C16H25N3/c1-11(2)18-10-15-8-14-7-13(9-17)5-6-16(14)19(15)12(3)4/h5-8,11-12,18H,9-10,17H2,1-4H3. The van der Waals surface area contributed by atoms with Gasteiger partial charge in [0.25, 0.3) is 0 Å². The molecule has 3 N–H and O–H groups in total. The van der Waals surface area contributed by atoms with Crippen molar-refractivity contribution in [3.05, 3.63) is 35.5 Å². The molecule has 104 valence electrons. The number of nitrogens with one attached hydrogen (secondary N) is 1. The highest BCUT2D eigenvalue weighted by Crippen LogP contribution is 2.25. The molecule has 0 fully saturated rings. The number of rotatable bonds is 5.